The molecule has 0 saturated carbocycles. The highest BCUT2D eigenvalue weighted by Gasteiger charge is 2.04. The predicted molar refractivity (Wildman–Crippen MR) is 40.0 cm³/mol. The number of carbonyl (C=O) groups excluding carboxylic acids is 1. The maximum Gasteiger partial charge on any atom is 0.272 e. The molecule has 5 heteroatoms. The van der Waals surface area contributed by atoms with E-state index in [-0.39, 0.29) is 18.1 Å². The molecule has 0 atom stereocenters. The number of aromatic nitrogens is 2. The Morgan fingerprint density at radius 3 is 3.17 bits per heavy atom. The highest BCUT2D eigenvalue weighted by Crippen LogP contribution is 1.89. The number of hydrogen-bond donors (Lipinski definition) is 1. The lowest BCUT2D eigenvalue weighted by Crippen LogP contribution is -2.24. The van der Waals surface area contributed by atoms with E-state index in [2.05, 4.69) is 15.5 Å². The van der Waals surface area contributed by atoms with E-state index >= 15 is 0 Å². The zero-order chi connectivity index (χ0) is 8.81. The first-order valence-electron chi connectivity index (χ1n) is 3.27. The highest BCUT2D eigenvalue weighted by atomic mass is 16.1. The summed E-state index contributed by atoms with van der Waals surface area (Å²) >= 11 is 0. The summed E-state index contributed by atoms with van der Waals surface area (Å²) in [5, 5.41) is 17.6. The molecular weight excluding hydrogens is 156 g/mol. The Hall–Kier alpha value is -1.96. The van der Waals surface area contributed by atoms with Gasteiger partial charge in [0, 0.05) is 6.20 Å². The van der Waals surface area contributed by atoms with Gasteiger partial charge < -0.3 is 5.32 Å². The van der Waals surface area contributed by atoms with Gasteiger partial charge in [-0.15, -0.1) is 5.10 Å². The second kappa shape index (κ2) is 4.03. The van der Waals surface area contributed by atoms with Gasteiger partial charge in [-0.25, -0.2) is 0 Å². The number of nitrogens with zero attached hydrogens (tertiary/aromatic N) is 3. The molecule has 0 spiro atoms. The zero-order valence-corrected chi connectivity index (χ0v) is 6.19. The van der Waals surface area contributed by atoms with Gasteiger partial charge in [0.25, 0.3) is 5.91 Å². The van der Waals surface area contributed by atoms with Crippen molar-refractivity contribution < 1.29 is 4.79 Å². The molecule has 1 N–H and O–H groups in total. The summed E-state index contributed by atoms with van der Waals surface area (Å²) in [6.07, 6.45) is 1.47. The van der Waals surface area contributed by atoms with Crippen molar-refractivity contribution >= 4 is 5.91 Å². The molecule has 0 aliphatic heterocycles. The Morgan fingerprint density at radius 2 is 2.58 bits per heavy atom. The highest BCUT2D eigenvalue weighted by molar-refractivity contribution is 5.92. The van der Waals surface area contributed by atoms with Crippen molar-refractivity contribution in [1.82, 2.24) is 15.5 Å². The van der Waals surface area contributed by atoms with E-state index in [1.54, 1.807) is 12.1 Å². The summed E-state index contributed by atoms with van der Waals surface area (Å²) in [5.41, 5.74) is 0.216. The number of carbonyl (C=O) groups is 1. The first-order valence-corrected chi connectivity index (χ1v) is 3.27. The molecule has 1 heterocycles. The molecular formula is C7H6N4O. The van der Waals surface area contributed by atoms with E-state index in [0.29, 0.717) is 0 Å². The first-order chi connectivity index (χ1) is 5.84. The van der Waals surface area contributed by atoms with Crippen molar-refractivity contribution in [3.05, 3.63) is 24.0 Å². The summed E-state index contributed by atoms with van der Waals surface area (Å²) < 4.78 is 0. The van der Waals surface area contributed by atoms with E-state index in [9.17, 15) is 4.79 Å². The lowest BCUT2D eigenvalue weighted by Gasteiger charge is -1.96. The van der Waals surface area contributed by atoms with E-state index < -0.39 is 0 Å². The molecule has 0 bridgehead atoms. The minimum absolute atomic E-state index is 0.0184. The van der Waals surface area contributed by atoms with E-state index in [1.165, 1.54) is 12.3 Å². The number of rotatable bonds is 2. The van der Waals surface area contributed by atoms with Crippen LogP contribution >= 0.6 is 0 Å². The SMILES string of the molecule is N#CCNC(=O)c1cccnn1. The third-order valence-corrected chi connectivity index (χ3v) is 1.13. The fraction of sp³-hybridized carbons (Fsp3) is 0.143. The van der Waals surface area contributed by atoms with Crippen LogP contribution in [0.3, 0.4) is 0 Å². The third kappa shape index (κ3) is 2.02. The van der Waals surface area contributed by atoms with Gasteiger partial charge in [0.05, 0.1) is 6.07 Å². The quantitative estimate of drug-likeness (QED) is 0.607. The molecule has 0 saturated heterocycles. The van der Waals surface area contributed by atoms with Crippen molar-refractivity contribution in [2.75, 3.05) is 6.54 Å². The lowest BCUT2D eigenvalue weighted by atomic mass is 10.4. The van der Waals surface area contributed by atoms with Gasteiger partial charge in [-0.1, -0.05) is 0 Å². The largest absolute Gasteiger partial charge is 0.338 e. The Bertz CT molecular complexity index is 303. The third-order valence-electron chi connectivity index (χ3n) is 1.13. The average molecular weight is 162 g/mol. The molecule has 1 amide bonds. The molecule has 0 unspecified atom stereocenters. The maximum atomic E-state index is 11.0. The molecule has 12 heavy (non-hydrogen) atoms. The van der Waals surface area contributed by atoms with Gasteiger partial charge in [0.2, 0.25) is 0 Å². The minimum Gasteiger partial charge on any atom is -0.338 e. The molecule has 1 aromatic rings. The van der Waals surface area contributed by atoms with Gasteiger partial charge in [-0.3, -0.25) is 4.79 Å². The van der Waals surface area contributed by atoms with Gasteiger partial charge >= 0.3 is 0 Å². The molecule has 0 aliphatic rings. The van der Waals surface area contributed by atoms with Crippen molar-refractivity contribution in [3.63, 3.8) is 0 Å². The molecule has 5 nitrogen and oxygen atoms in total. The van der Waals surface area contributed by atoms with Gasteiger partial charge in [0.1, 0.15) is 6.54 Å². The van der Waals surface area contributed by atoms with Crippen molar-refractivity contribution in [2.24, 2.45) is 0 Å². The Morgan fingerprint density at radius 1 is 1.75 bits per heavy atom. The number of nitrogens with one attached hydrogen (secondary N) is 1. The Balaban J connectivity index is 2.61. The Kier molecular flexibility index (Phi) is 2.73. The first kappa shape index (κ1) is 8.14. The van der Waals surface area contributed by atoms with Crippen LogP contribution in [0.2, 0.25) is 0 Å². The van der Waals surface area contributed by atoms with Crippen molar-refractivity contribution in [2.45, 2.75) is 0 Å². The second-order valence-electron chi connectivity index (χ2n) is 1.95. The Labute approximate surface area is 69.0 Å². The fourth-order valence-corrected chi connectivity index (χ4v) is 0.633. The van der Waals surface area contributed by atoms with E-state index in [4.69, 9.17) is 5.26 Å². The fourth-order valence-electron chi connectivity index (χ4n) is 0.633. The minimum atomic E-state index is -0.385. The molecule has 1 rings (SSSR count). The number of amides is 1. The molecule has 60 valence electrons. The average Bonchev–Trinajstić information content (AvgIpc) is 2.15. The van der Waals surface area contributed by atoms with Gasteiger partial charge in [-0.05, 0) is 12.1 Å². The van der Waals surface area contributed by atoms with Crippen LogP contribution in [0, 0.1) is 11.3 Å². The standard InChI is InChI=1S/C7H6N4O/c8-3-5-9-7(12)6-2-1-4-10-11-6/h1-2,4H,5H2,(H,9,12). The number of hydrogen-bond acceptors (Lipinski definition) is 4. The van der Waals surface area contributed by atoms with Crippen LogP contribution in [0.25, 0.3) is 0 Å². The van der Waals surface area contributed by atoms with Crippen LogP contribution in [-0.4, -0.2) is 22.6 Å². The monoisotopic (exact) mass is 162 g/mol. The second-order valence-corrected chi connectivity index (χ2v) is 1.95. The summed E-state index contributed by atoms with van der Waals surface area (Å²) in [4.78, 5) is 11.0. The number of nitriles is 1. The molecule has 0 aromatic carbocycles. The summed E-state index contributed by atoms with van der Waals surface area (Å²) in [6.45, 7) is -0.0184. The predicted octanol–water partition coefficient (Wildman–Crippen LogP) is -0.270. The smallest absolute Gasteiger partial charge is 0.272 e. The summed E-state index contributed by atoms with van der Waals surface area (Å²) in [7, 11) is 0. The van der Waals surface area contributed by atoms with E-state index in [0.717, 1.165) is 0 Å². The van der Waals surface area contributed by atoms with Crippen LogP contribution in [0.15, 0.2) is 18.3 Å². The van der Waals surface area contributed by atoms with E-state index in [1.807, 2.05) is 0 Å². The lowest BCUT2D eigenvalue weighted by molar-refractivity contribution is 0.0952. The van der Waals surface area contributed by atoms with Crippen molar-refractivity contribution in [1.29, 1.82) is 5.26 Å². The van der Waals surface area contributed by atoms with Crippen LogP contribution < -0.4 is 5.32 Å². The summed E-state index contributed by atoms with van der Waals surface area (Å²) in [6, 6.07) is 4.92. The van der Waals surface area contributed by atoms with Crippen LogP contribution in [0.4, 0.5) is 0 Å². The molecule has 0 radical (unpaired) electrons. The normalized spacial score (nSPS) is 8.58. The topological polar surface area (TPSA) is 78.7 Å². The van der Waals surface area contributed by atoms with Crippen molar-refractivity contribution in [3.8, 4) is 6.07 Å². The van der Waals surface area contributed by atoms with Gasteiger partial charge in [-0.2, -0.15) is 10.4 Å². The molecule has 0 aliphatic carbocycles. The van der Waals surface area contributed by atoms with Crippen LogP contribution in [0.5, 0.6) is 0 Å². The molecule has 1 aromatic heterocycles. The van der Waals surface area contributed by atoms with Crippen LogP contribution in [-0.2, 0) is 0 Å². The maximum absolute atomic E-state index is 11.0. The molecule has 0 fully saturated rings. The zero-order valence-electron chi connectivity index (χ0n) is 6.19. The summed E-state index contributed by atoms with van der Waals surface area (Å²) in [5.74, 6) is -0.385. The van der Waals surface area contributed by atoms with Gasteiger partial charge in [0.15, 0.2) is 5.69 Å². The van der Waals surface area contributed by atoms with Crippen LogP contribution in [0.1, 0.15) is 10.5 Å².